The van der Waals surface area contributed by atoms with Gasteiger partial charge in [0.05, 0.1) is 16.7 Å². The van der Waals surface area contributed by atoms with Gasteiger partial charge in [-0.3, -0.25) is 4.79 Å². The van der Waals surface area contributed by atoms with E-state index in [9.17, 15) is 18.0 Å². The molecule has 11 heteroatoms. The van der Waals surface area contributed by atoms with Gasteiger partial charge in [0.1, 0.15) is 11.6 Å². The second kappa shape index (κ2) is 11.4. The van der Waals surface area contributed by atoms with Crippen molar-refractivity contribution in [2.45, 2.75) is 64.1 Å². The van der Waals surface area contributed by atoms with E-state index in [1.54, 1.807) is 23.9 Å². The zero-order chi connectivity index (χ0) is 30.2. The summed E-state index contributed by atoms with van der Waals surface area (Å²) in [4.78, 5) is 32.3. The van der Waals surface area contributed by atoms with Gasteiger partial charge in [-0.25, -0.2) is 9.97 Å². The molecule has 1 atom stereocenters. The van der Waals surface area contributed by atoms with Crippen molar-refractivity contribution in [1.29, 1.82) is 0 Å². The first-order valence-electron chi connectivity index (χ1n) is 14.4. The molecule has 0 saturated carbocycles. The van der Waals surface area contributed by atoms with Crippen molar-refractivity contribution in [3.05, 3.63) is 65.0 Å². The molecule has 0 aliphatic carbocycles. The molecule has 1 aromatic carbocycles. The standard InChI is InChI=1S/C31H38F3N7O/c1-20-8-7-17-41(20)29-37-25-15-19-40(27-24(31(32,33)34)9-6-16-35-27)18-14-23(25)26(38-29)36-22-12-10-21(11-13-22)30(2,3)28(42)39(4)5/h6,9-13,16,20H,7-8,14-15,17-19H2,1-5H3,(H,36,37,38). The van der Waals surface area contributed by atoms with E-state index in [2.05, 4.69) is 22.1 Å². The molecule has 224 valence electrons. The summed E-state index contributed by atoms with van der Waals surface area (Å²) in [5.41, 5.74) is 2.01. The van der Waals surface area contributed by atoms with E-state index in [1.165, 1.54) is 12.3 Å². The maximum absolute atomic E-state index is 13.8. The maximum atomic E-state index is 13.8. The number of nitrogens with one attached hydrogen (secondary N) is 1. The lowest BCUT2D eigenvalue weighted by atomic mass is 9.83. The number of aromatic nitrogens is 3. The average Bonchev–Trinajstić information content (AvgIpc) is 3.26. The van der Waals surface area contributed by atoms with Crippen molar-refractivity contribution in [2.75, 3.05) is 48.8 Å². The van der Waals surface area contributed by atoms with Crippen LogP contribution in [-0.4, -0.2) is 65.5 Å². The summed E-state index contributed by atoms with van der Waals surface area (Å²) in [5.74, 6) is 1.25. The summed E-state index contributed by atoms with van der Waals surface area (Å²) >= 11 is 0. The normalized spacial score (nSPS) is 17.6. The van der Waals surface area contributed by atoms with Crippen molar-refractivity contribution in [3.63, 3.8) is 0 Å². The van der Waals surface area contributed by atoms with Crippen LogP contribution in [0, 0.1) is 0 Å². The van der Waals surface area contributed by atoms with Crippen LogP contribution in [0.3, 0.4) is 0 Å². The molecular weight excluding hydrogens is 543 g/mol. The van der Waals surface area contributed by atoms with Crippen LogP contribution in [0.4, 0.5) is 36.4 Å². The minimum atomic E-state index is -4.49. The minimum absolute atomic E-state index is 0.0137. The Morgan fingerprint density at radius 1 is 1.02 bits per heavy atom. The summed E-state index contributed by atoms with van der Waals surface area (Å²) in [6, 6.07) is 10.4. The number of fused-ring (bicyclic) bond motifs is 1. The Labute approximate surface area is 245 Å². The number of carbonyl (C=O) groups is 1. The molecule has 1 N–H and O–H groups in total. The summed E-state index contributed by atoms with van der Waals surface area (Å²) in [6.45, 7) is 7.54. The SMILES string of the molecule is CC1CCCN1c1nc2c(c(Nc3ccc(C(C)(C)C(=O)N(C)C)cc3)n1)CCN(c1ncccc1C(F)(F)F)CC2. The Bertz CT molecular complexity index is 1440. The molecule has 3 aromatic rings. The van der Waals surface area contributed by atoms with Crippen LogP contribution in [0.15, 0.2) is 42.6 Å². The molecule has 0 spiro atoms. The Kier molecular flexibility index (Phi) is 8.04. The van der Waals surface area contributed by atoms with E-state index >= 15 is 0 Å². The van der Waals surface area contributed by atoms with Crippen molar-refractivity contribution in [1.82, 2.24) is 19.9 Å². The first-order valence-corrected chi connectivity index (χ1v) is 14.4. The van der Waals surface area contributed by atoms with Crippen LogP contribution in [0.2, 0.25) is 0 Å². The summed E-state index contributed by atoms with van der Waals surface area (Å²) in [6.07, 6.45) is -0.0501. The number of rotatable bonds is 6. The molecule has 1 fully saturated rings. The molecule has 1 amide bonds. The van der Waals surface area contributed by atoms with Crippen LogP contribution in [0.1, 0.15) is 56.0 Å². The van der Waals surface area contributed by atoms with Gasteiger partial charge in [0.25, 0.3) is 0 Å². The van der Waals surface area contributed by atoms with Crippen LogP contribution >= 0.6 is 0 Å². The number of likely N-dealkylation sites (N-methyl/N-ethyl adjacent to an activating group) is 1. The second-order valence-corrected chi connectivity index (χ2v) is 11.9. The number of amides is 1. The summed E-state index contributed by atoms with van der Waals surface area (Å²) in [7, 11) is 3.50. The molecule has 4 heterocycles. The van der Waals surface area contributed by atoms with Gasteiger partial charge >= 0.3 is 6.18 Å². The molecule has 2 aromatic heterocycles. The first-order chi connectivity index (χ1) is 19.9. The lowest BCUT2D eigenvalue weighted by Gasteiger charge is -2.28. The number of nitrogens with zero attached hydrogens (tertiary/aromatic N) is 6. The fourth-order valence-corrected chi connectivity index (χ4v) is 5.92. The number of hydrogen-bond acceptors (Lipinski definition) is 7. The van der Waals surface area contributed by atoms with Crippen molar-refractivity contribution < 1.29 is 18.0 Å². The van der Waals surface area contributed by atoms with E-state index in [4.69, 9.17) is 9.97 Å². The van der Waals surface area contributed by atoms with Gasteiger partial charge in [-0.2, -0.15) is 18.2 Å². The fraction of sp³-hybridized carbons (Fsp3) is 0.484. The summed E-state index contributed by atoms with van der Waals surface area (Å²) in [5, 5.41) is 3.47. The number of pyridine rings is 1. The molecule has 0 radical (unpaired) electrons. The highest BCUT2D eigenvalue weighted by Gasteiger charge is 2.36. The molecule has 42 heavy (non-hydrogen) atoms. The molecule has 5 rings (SSSR count). The van der Waals surface area contributed by atoms with E-state index in [0.717, 1.165) is 48.0 Å². The Balaban J connectivity index is 1.47. The molecule has 1 unspecified atom stereocenters. The third-order valence-corrected chi connectivity index (χ3v) is 8.34. The van der Waals surface area contributed by atoms with Crippen LogP contribution < -0.4 is 15.1 Å². The predicted octanol–water partition coefficient (Wildman–Crippen LogP) is 5.59. The van der Waals surface area contributed by atoms with Crippen LogP contribution in [0.5, 0.6) is 0 Å². The van der Waals surface area contributed by atoms with Crippen molar-refractivity contribution in [2.24, 2.45) is 0 Å². The monoisotopic (exact) mass is 581 g/mol. The lowest BCUT2D eigenvalue weighted by molar-refractivity contribution is -0.137. The number of benzene rings is 1. The third kappa shape index (κ3) is 5.87. The van der Waals surface area contributed by atoms with E-state index in [-0.39, 0.29) is 11.7 Å². The highest BCUT2D eigenvalue weighted by Crippen LogP contribution is 2.37. The minimum Gasteiger partial charge on any atom is -0.355 e. The van der Waals surface area contributed by atoms with Gasteiger partial charge in [-0.1, -0.05) is 12.1 Å². The molecule has 2 aliphatic rings. The van der Waals surface area contributed by atoms with Gasteiger partial charge in [0.15, 0.2) is 0 Å². The maximum Gasteiger partial charge on any atom is 0.419 e. The quantitative estimate of drug-likeness (QED) is 0.407. The zero-order valence-electron chi connectivity index (χ0n) is 24.8. The number of anilines is 4. The van der Waals surface area contributed by atoms with Crippen LogP contribution in [0.25, 0.3) is 0 Å². The average molecular weight is 582 g/mol. The molecular formula is C31H38F3N7O. The highest BCUT2D eigenvalue weighted by molar-refractivity contribution is 5.87. The van der Waals surface area contributed by atoms with E-state index < -0.39 is 17.2 Å². The van der Waals surface area contributed by atoms with Crippen LogP contribution in [-0.2, 0) is 29.2 Å². The summed E-state index contributed by atoms with van der Waals surface area (Å²) < 4.78 is 41.4. The largest absolute Gasteiger partial charge is 0.419 e. The fourth-order valence-electron chi connectivity index (χ4n) is 5.92. The zero-order valence-corrected chi connectivity index (χ0v) is 24.8. The first kappa shape index (κ1) is 29.6. The Morgan fingerprint density at radius 3 is 2.38 bits per heavy atom. The van der Waals surface area contributed by atoms with Gasteiger partial charge in [-0.05, 0) is 69.9 Å². The second-order valence-electron chi connectivity index (χ2n) is 11.9. The Hall–Kier alpha value is -3.89. The van der Waals surface area contributed by atoms with Gasteiger partial charge < -0.3 is 20.0 Å². The molecule has 0 bridgehead atoms. The number of alkyl halides is 3. The predicted molar refractivity (Wildman–Crippen MR) is 158 cm³/mol. The van der Waals surface area contributed by atoms with E-state index in [1.807, 2.05) is 38.1 Å². The number of carbonyl (C=O) groups excluding carboxylic acids is 1. The Morgan fingerprint density at radius 2 is 1.74 bits per heavy atom. The van der Waals surface area contributed by atoms with Gasteiger partial charge in [0.2, 0.25) is 11.9 Å². The number of halogens is 3. The topological polar surface area (TPSA) is 77.5 Å². The highest BCUT2D eigenvalue weighted by atomic mass is 19.4. The van der Waals surface area contributed by atoms with Crippen molar-refractivity contribution >= 4 is 29.2 Å². The smallest absolute Gasteiger partial charge is 0.355 e. The lowest BCUT2D eigenvalue weighted by Crippen LogP contribution is -2.39. The van der Waals surface area contributed by atoms with Crippen molar-refractivity contribution in [3.8, 4) is 0 Å². The van der Waals surface area contributed by atoms with E-state index in [0.29, 0.717) is 43.7 Å². The molecule has 1 saturated heterocycles. The molecule has 2 aliphatic heterocycles. The third-order valence-electron chi connectivity index (χ3n) is 8.34. The van der Waals surface area contributed by atoms with Gasteiger partial charge in [0, 0.05) is 63.6 Å². The molecule has 8 nitrogen and oxygen atoms in total. The number of hydrogen-bond donors (Lipinski definition) is 1. The van der Waals surface area contributed by atoms with Gasteiger partial charge in [-0.15, -0.1) is 0 Å².